The maximum atomic E-state index is 12.3. The van der Waals surface area contributed by atoms with Gasteiger partial charge in [-0.2, -0.15) is 18.2 Å². The predicted octanol–water partition coefficient (Wildman–Crippen LogP) is 2.49. The summed E-state index contributed by atoms with van der Waals surface area (Å²) in [6.45, 7) is 0. The van der Waals surface area contributed by atoms with Crippen LogP contribution < -0.4 is 5.32 Å². The van der Waals surface area contributed by atoms with Gasteiger partial charge in [0.05, 0.1) is 4.88 Å². The topological polar surface area (TPSA) is 87.7 Å². The smallest absolute Gasteiger partial charge is 0.293 e. The maximum Gasteiger partial charge on any atom is 0.451 e. The molecule has 1 amide bonds. The van der Waals surface area contributed by atoms with E-state index < -0.39 is 23.9 Å². The Hall–Kier alpha value is -2.23. The van der Waals surface area contributed by atoms with Crippen molar-refractivity contribution in [1.29, 1.82) is 0 Å². The van der Waals surface area contributed by atoms with Crippen molar-refractivity contribution in [3.05, 3.63) is 28.2 Å². The number of hydrogen-bond acceptors (Lipinski definition) is 5. The molecule has 0 atom stereocenters. The first-order chi connectivity index (χ1) is 9.86. The Balaban J connectivity index is 1.85. The number of aromatic amines is 1. The number of alkyl halides is 3. The van der Waals surface area contributed by atoms with Crippen molar-refractivity contribution in [3.8, 4) is 0 Å². The number of aromatic nitrogens is 3. The molecule has 10 heteroatoms. The van der Waals surface area contributed by atoms with E-state index in [1.54, 1.807) is 22.6 Å². The van der Waals surface area contributed by atoms with Crippen LogP contribution in [-0.4, -0.2) is 26.9 Å². The molecule has 0 aliphatic heterocycles. The van der Waals surface area contributed by atoms with Gasteiger partial charge in [-0.15, -0.1) is 16.4 Å². The van der Waals surface area contributed by atoms with Crippen molar-refractivity contribution in [2.45, 2.75) is 19.0 Å². The van der Waals surface area contributed by atoms with Crippen LogP contribution in [0.3, 0.4) is 0 Å². The normalized spacial score (nSPS) is 11.4. The van der Waals surface area contributed by atoms with Gasteiger partial charge in [0, 0.05) is 12.8 Å². The highest BCUT2D eigenvalue weighted by Gasteiger charge is 2.35. The van der Waals surface area contributed by atoms with Crippen LogP contribution in [0.25, 0.3) is 0 Å². The molecule has 0 aromatic carbocycles. The molecule has 2 aromatic rings. The van der Waals surface area contributed by atoms with Gasteiger partial charge in [0.15, 0.2) is 5.78 Å². The average molecular weight is 318 g/mol. The lowest BCUT2D eigenvalue weighted by Gasteiger charge is -2.00. The number of carbonyl (C=O) groups is 2. The van der Waals surface area contributed by atoms with Gasteiger partial charge in [-0.25, -0.2) is 0 Å². The fraction of sp³-hybridized carbons (Fsp3) is 0.273. The van der Waals surface area contributed by atoms with Gasteiger partial charge in [0.2, 0.25) is 17.7 Å². The summed E-state index contributed by atoms with van der Waals surface area (Å²) in [6.07, 6.45) is -4.86. The molecule has 2 aromatic heterocycles. The van der Waals surface area contributed by atoms with Crippen LogP contribution in [-0.2, 0) is 11.0 Å². The number of nitrogens with one attached hydrogen (secondary N) is 2. The molecule has 0 spiro atoms. The van der Waals surface area contributed by atoms with Crippen molar-refractivity contribution in [2.75, 3.05) is 5.32 Å². The Bertz CT molecular complexity index is 636. The Morgan fingerprint density at radius 3 is 2.67 bits per heavy atom. The van der Waals surface area contributed by atoms with Crippen LogP contribution in [0.15, 0.2) is 17.5 Å². The predicted molar refractivity (Wildman–Crippen MR) is 67.9 cm³/mol. The van der Waals surface area contributed by atoms with Crippen LogP contribution in [0.1, 0.15) is 28.3 Å². The van der Waals surface area contributed by atoms with E-state index in [0.717, 1.165) is 0 Å². The third-order valence-electron chi connectivity index (χ3n) is 2.38. The molecule has 2 N–H and O–H groups in total. The number of H-pyrrole nitrogens is 1. The van der Waals surface area contributed by atoms with Crippen LogP contribution in [0.4, 0.5) is 19.1 Å². The number of nitrogens with zero attached hydrogens (tertiary/aromatic N) is 2. The SMILES string of the molecule is O=C(CCC(=O)c1cccs1)Nc1n[nH]c(C(F)(F)F)n1. The van der Waals surface area contributed by atoms with Crippen LogP contribution >= 0.6 is 11.3 Å². The molecule has 0 radical (unpaired) electrons. The summed E-state index contributed by atoms with van der Waals surface area (Å²) in [6, 6.07) is 3.35. The zero-order valence-corrected chi connectivity index (χ0v) is 11.2. The van der Waals surface area contributed by atoms with Crippen molar-refractivity contribution >= 4 is 29.0 Å². The minimum atomic E-state index is -4.66. The molecule has 0 aliphatic rings. The summed E-state index contributed by atoms with van der Waals surface area (Å²) in [5, 5.41) is 8.73. The molecule has 0 saturated heterocycles. The number of hydrogen-bond donors (Lipinski definition) is 2. The standard InChI is InChI=1S/C11H9F3N4O2S/c12-11(13,14)9-16-10(18-17-9)15-8(20)4-3-6(19)7-2-1-5-21-7/h1-2,5H,3-4H2,(H2,15,16,17,18,20). The van der Waals surface area contributed by atoms with E-state index >= 15 is 0 Å². The number of halogens is 3. The summed E-state index contributed by atoms with van der Waals surface area (Å²) in [5.41, 5.74) is 0. The summed E-state index contributed by atoms with van der Waals surface area (Å²) in [7, 11) is 0. The van der Waals surface area contributed by atoms with E-state index in [-0.39, 0.29) is 18.6 Å². The van der Waals surface area contributed by atoms with Crippen molar-refractivity contribution in [1.82, 2.24) is 15.2 Å². The van der Waals surface area contributed by atoms with Gasteiger partial charge in [-0.3, -0.25) is 20.0 Å². The number of thiophene rings is 1. The number of carbonyl (C=O) groups excluding carboxylic acids is 2. The monoisotopic (exact) mass is 318 g/mol. The Kier molecular flexibility index (Phi) is 4.36. The van der Waals surface area contributed by atoms with Gasteiger partial charge < -0.3 is 0 Å². The molecule has 112 valence electrons. The average Bonchev–Trinajstić information content (AvgIpc) is 3.05. The summed E-state index contributed by atoms with van der Waals surface area (Å²) >= 11 is 1.26. The fourth-order valence-corrected chi connectivity index (χ4v) is 2.11. The number of rotatable bonds is 5. The number of Topliss-reactive ketones (excluding diaryl/α,β-unsaturated/α-hetero) is 1. The summed E-state index contributed by atoms with van der Waals surface area (Å²) < 4.78 is 36.8. The molecular weight excluding hydrogens is 309 g/mol. The Morgan fingerprint density at radius 2 is 2.10 bits per heavy atom. The first kappa shape index (κ1) is 15.2. The Labute approximate surface area is 120 Å². The molecule has 2 rings (SSSR count). The second-order valence-corrected chi connectivity index (χ2v) is 4.90. The number of anilines is 1. The zero-order valence-electron chi connectivity index (χ0n) is 10.4. The van der Waals surface area contributed by atoms with E-state index in [0.29, 0.717) is 4.88 Å². The lowest BCUT2D eigenvalue weighted by molar-refractivity contribution is -0.144. The summed E-state index contributed by atoms with van der Waals surface area (Å²) in [5.74, 6) is -2.61. The molecule has 0 fully saturated rings. The first-order valence-electron chi connectivity index (χ1n) is 5.72. The first-order valence-corrected chi connectivity index (χ1v) is 6.60. The molecule has 0 aliphatic carbocycles. The highest BCUT2D eigenvalue weighted by Crippen LogP contribution is 2.26. The van der Waals surface area contributed by atoms with E-state index in [1.807, 2.05) is 0 Å². The highest BCUT2D eigenvalue weighted by atomic mass is 32.1. The van der Waals surface area contributed by atoms with Gasteiger partial charge in [-0.1, -0.05) is 6.07 Å². The lowest BCUT2D eigenvalue weighted by Crippen LogP contribution is -2.14. The van der Waals surface area contributed by atoms with Gasteiger partial charge >= 0.3 is 6.18 Å². The number of amides is 1. The second kappa shape index (κ2) is 6.04. The van der Waals surface area contributed by atoms with Crippen molar-refractivity contribution < 1.29 is 22.8 Å². The Morgan fingerprint density at radius 1 is 1.33 bits per heavy atom. The largest absolute Gasteiger partial charge is 0.451 e. The van der Waals surface area contributed by atoms with E-state index in [1.165, 1.54) is 11.3 Å². The van der Waals surface area contributed by atoms with E-state index in [4.69, 9.17) is 0 Å². The highest BCUT2D eigenvalue weighted by molar-refractivity contribution is 7.12. The molecule has 0 unspecified atom stereocenters. The third-order valence-corrected chi connectivity index (χ3v) is 3.29. The molecule has 2 heterocycles. The van der Waals surface area contributed by atoms with Crippen molar-refractivity contribution in [2.24, 2.45) is 0 Å². The van der Waals surface area contributed by atoms with E-state index in [9.17, 15) is 22.8 Å². The van der Waals surface area contributed by atoms with Gasteiger partial charge in [0.25, 0.3) is 0 Å². The van der Waals surface area contributed by atoms with Crippen LogP contribution in [0.5, 0.6) is 0 Å². The van der Waals surface area contributed by atoms with Gasteiger partial charge in [0.1, 0.15) is 0 Å². The molecule has 21 heavy (non-hydrogen) atoms. The maximum absolute atomic E-state index is 12.3. The zero-order chi connectivity index (χ0) is 15.5. The molecule has 0 saturated carbocycles. The van der Waals surface area contributed by atoms with Crippen molar-refractivity contribution in [3.63, 3.8) is 0 Å². The second-order valence-electron chi connectivity index (χ2n) is 3.95. The van der Waals surface area contributed by atoms with Crippen LogP contribution in [0.2, 0.25) is 0 Å². The fourth-order valence-electron chi connectivity index (χ4n) is 1.42. The van der Waals surface area contributed by atoms with Crippen LogP contribution in [0, 0.1) is 0 Å². The van der Waals surface area contributed by atoms with E-state index in [2.05, 4.69) is 15.4 Å². The molecule has 0 bridgehead atoms. The lowest BCUT2D eigenvalue weighted by atomic mass is 10.2. The molecular formula is C11H9F3N4O2S. The number of ketones is 1. The molecule has 6 nitrogen and oxygen atoms in total. The minimum Gasteiger partial charge on any atom is -0.293 e. The minimum absolute atomic E-state index is 0.0388. The quantitative estimate of drug-likeness (QED) is 0.829. The van der Waals surface area contributed by atoms with Gasteiger partial charge in [-0.05, 0) is 11.4 Å². The third kappa shape index (κ3) is 4.12. The summed E-state index contributed by atoms with van der Waals surface area (Å²) in [4.78, 5) is 26.8.